The number of likely N-dealkylation sites (tertiary alicyclic amines) is 1. The predicted octanol–water partition coefficient (Wildman–Crippen LogP) is 2.52. The molecule has 0 bridgehead atoms. The molecule has 1 aliphatic heterocycles. The quantitative estimate of drug-likeness (QED) is 0.929. The number of para-hydroxylation sites is 1. The number of amides is 1. The van der Waals surface area contributed by atoms with E-state index in [1.54, 1.807) is 7.11 Å². The minimum atomic E-state index is -0.0913. The minimum absolute atomic E-state index is 0. The highest BCUT2D eigenvalue weighted by molar-refractivity contribution is 5.85. The lowest BCUT2D eigenvalue weighted by Gasteiger charge is -2.27. The van der Waals surface area contributed by atoms with E-state index in [4.69, 9.17) is 10.5 Å². The van der Waals surface area contributed by atoms with Crippen molar-refractivity contribution in [3.8, 4) is 5.75 Å². The molecular weight excluding hydrogens is 276 g/mol. The molecule has 0 radical (unpaired) electrons. The topological polar surface area (TPSA) is 55.6 Å². The van der Waals surface area contributed by atoms with E-state index in [1.165, 1.54) is 0 Å². The molecule has 0 aliphatic carbocycles. The summed E-state index contributed by atoms with van der Waals surface area (Å²) in [7, 11) is 1.67. The zero-order valence-corrected chi connectivity index (χ0v) is 12.9. The molecule has 20 heavy (non-hydrogen) atoms. The van der Waals surface area contributed by atoms with Gasteiger partial charge in [0, 0.05) is 24.6 Å². The number of ether oxygens (including phenoxy) is 1. The molecule has 0 saturated carbocycles. The van der Waals surface area contributed by atoms with Crippen LogP contribution in [0.5, 0.6) is 5.75 Å². The van der Waals surface area contributed by atoms with E-state index >= 15 is 0 Å². The number of nitrogens with two attached hydrogens (primary N) is 1. The van der Waals surface area contributed by atoms with E-state index in [9.17, 15) is 4.79 Å². The lowest BCUT2D eigenvalue weighted by molar-refractivity contribution is -0.132. The van der Waals surface area contributed by atoms with E-state index in [-0.39, 0.29) is 30.4 Å². The van der Waals surface area contributed by atoms with Gasteiger partial charge in [-0.15, -0.1) is 12.4 Å². The molecular formula is C15H23ClN2O2. The zero-order valence-electron chi connectivity index (χ0n) is 12.0. The van der Waals surface area contributed by atoms with Crippen LogP contribution in [0.4, 0.5) is 0 Å². The van der Waals surface area contributed by atoms with Crippen molar-refractivity contribution in [3.63, 3.8) is 0 Å². The molecule has 1 aromatic rings. The molecule has 1 aromatic carbocycles. The van der Waals surface area contributed by atoms with Crippen molar-refractivity contribution in [2.45, 2.75) is 38.3 Å². The molecule has 1 heterocycles. The summed E-state index contributed by atoms with van der Waals surface area (Å²) in [5, 5.41) is 0. The number of methoxy groups -OCH3 is 1. The van der Waals surface area contributed by atoms with E-state index in [1.807, 2.05) is 36.1 Å². The maximum atomic E-state index is 12.2. The number of hydrogen-bond acceptors (Lipinski definition) is 3. The molecule has 1 fully saturated rings. The van der Waals surface area contributed by atoms with Crippen molar-refractivity contribution in [1.29, 1.82) is 0 Å². The summed E-state index contributed by atoms with van der Waals surface area (Å²) in [5.41, 5.74) is 6.83. The number of carbonyl (C=O) groups excluding carboxylic acids is 1. The molecule has 1 amide bonds. The first-order chi connectivity index (χ1) is 9.13. The summed E-state index contributed by atoms with van der Waals surface area (Å²) >= 11 is 0. The van der Waals surface area contributed by atoms with Gasteiger partial charge in [-0.3, -0.25) is 4.79 Å². The number of hydrogen-bond donors (Lipinski definition) is 1. The SMILES string of the molecule is COc1ccccc1C1CCCN1C(=O)CC(C)N.Cl. The summed E-state index contributed by atoms with van der Waals surface area (Å²) < 4.78 is 5.40. The van der Waals surface area contributed by atoms with Gasteiger partial charge in [0.1, 0.15) is 5.75 Å². The third kappa shape index (κ3) is 3.64. The number of carbonyl (C=O) groups is 1. The second-order valence-corrected chi connectivity index (χ2v) is 5.17. The van der Waals surface area contributed by atoms with Crippen LogP contribution >= 0.6 is 12.4 Å². The van der Waals surface area contributed by atoms with Crippen LogP contribution in [-0.4, -0.2) is 30.5 Å². The van der Waals surface area contributed by atoms with Crippen molar-refractivity contribution >= 4 is 18.3 Å². The van der Waals surface area contributed by atoms with Crippen LogP contribution in [0.25, 0.3) is 0 Å². The Morgan fingerprint density at radius 3 is 2.85 bits per heavy atom. The summed E-state index contributed by atoms with van der Waals surface area (Å²) in [4.78, 5) is 14.2. The van der Waals surface area contributed by atoms with Crippen LogP contribution < -0.4 is 10.5 Å². The molecule has 2 unspecified atom stereocenters. The van der Waals surface area contributed by atoms with Gasteiger partial charge in [0.25, 0.3) is 0 Å². The van der Waals surface area contributed by atoms with Gasteiger partial charge in [-0.25, -0.2) is 0 Å². The van der Waals surface area contributed by atoms with Gasteiger partial charge in [-0.1, -0.05) is 18.2 Å². The normalized spacial score (nSPS) is 19.4. The van der Waals surface area contributed by atoms with Crippen molar-refractivity contribution < 1.29 is 9.53 Å². The second-order valence-electron chi connectivity index (χ2n) is 5.17. The lowest BCUT2D eigenvalue weighted by Crippen LogP contribution is -2.34. The number of nitrogens with zero attached hydrogens (tertiary/aromatic N) is 1. The van der Waals surface area contributed by atoms with Gasteiger partial charge < -0.3 is 15.4 Å². The Morgan fingerprint density at radius 1 is 1.50 bits per heavy atom. The highest BCUT2D eigenvalue weighted by Gasteiger charge is 2.31. The van der Waals surface area contributed by atoms with Crippen LogP contribution in [0.2, 0.25) is 0 Å². The Hall–Kier alpha value is -1.26. The lowest BCUT2D eigenvalue weighted by atomic mass is 10.0. The van der Waals surface area contributed by atoms with Crippen molar-refractivity contribution in [2.75, 3.05) is 13.7 Å². The van der Waals surface area contributed by atoms with Crippen LogP contribution in [0.15, 0.2) is 24.3 Å². The van der Waals surface area contributed by atoms with Crippen molar-refractivity contribution in [1.82, 2.24) is 4.90 Å². The Labute approximate surface area is 126 Å². The number of rotatable bonds is 4. The van der Waals surface area contributed by atoms with Crippen LogP contribution in [0, 0.1) is 0 Å². The first-order valence-corrected chi connectivity index (χ1v) is 6.81. The first-order valence-electron chi connectivity index (χ1n) is 6.81. The fourth-order valence-corrected chi connectivity index (χ4v) is 2.72. The molecule has 112 valence electrons. The second kappa shape index (κ2) is 7.50. The first kappa shape index (κ1) is 16.8. The largest absolute Gasteiger partial charge is 0.496 e. The smallest absolute Gasteiger partial charge is 0.224 e. The van der Waals surface area contributed by atoms with E-state index < -0.39 is 0 Å². The number of benzene rings is 1. The van der Waals surface area contributed by atoms with E-state index in [0.29, 0.717) is 6.42 Å². The Morgan fingerprint density at radius 2 is 2.20 bits per heavy atom. The standard InChI is InChI=1S/C15H22N2O2.ClH/c1-11(16)10-15(18)17-9-5-7-13(17)12-6-3-4-8-14(12)19-2;/h3-4,6,8,11,13H,5,7,9-10,16H2,1-2H3;1H. The highest BCUT2D eigenvalue weighted by Crippen LogP contribution is 2.37. The van der Waals surface area contributed by atoms with Crippen LogP contribution in [-0.2, 0) is 4.79 Å². The summed E-state index contributed by atoms with van der Waals surface area (Å²) in [6, 6.07) is 7.97. The molecule has 1 saturated heterocycles. The zero-order chi connectivity index (χ0) is 13.8. The molecule has 4 nitrogen and oxygen atoms in total. The summed E-state index contributed by atoms with van der Waals surface area (Å²) in [6.45, 7) is 2.68. The highest BCUT2D eigenvalue weighted by atomic mass is 35.5. The van der Waals surface area contributed by atoms with Crippen LogP contribution in [0.1, 0.15) is 37.8 Å². The van der Waals surface area contributed by atoms with E-state index in [0.717, 1.165) is 30.7 Å². The monoisotopic (exact) mass is 298 g/mol. The summed E-state index contributed by atoms with van der Waals surface area (Å²) in [5.74, 6) is 0.997. The average molecular weight is 299 g/mol. The van der Waals surface area contributed by atoms with Gasteiger partial charge >= 0.3 is 0 Å². The maximum Gasteiger partial charge on any atom is 0.224 e. The number of halogens is 1. The Bertz CT molecular complexity index is 451. The van der Waals surface area contributed by atoms with Gasteiger partial charge in [-0.05, 0) is 25.8 Å². The summed E-state index contributed by atoms with van der Waals surface area (Å²) in [6.07, 6.45) is 2.43. The van der Waals surface area contributed by atoms with Gasteiger partial charge in [0.2, 0.25) is 5.91 Å². The molecule has 2 atom stereocenters. The van der Waals surface area contributed by atoms with Gasteiger partial charge in [0.15, 0.2) is 0 Å². The fraction of sp³-hybridized carbons (Fsp3) is 0.533. The Kier molecular flexibility index (Phi) is 6.30. The van der Waals surface area contributed by atoms with Gasteiger partial charge in [0.05, 0.1) is 13.2 Å². The molecule has 0 spiro atoms. The predicted molar refractivity (Wildman–Crippen MR) is 82.2 cm³/mol. The fourth-order valence-electron chi connectivity index (χ4n) is 2.72. The molecule has 2 N–H and O–H groups in total. The average Bonchev–Trinajstić information content (AvgIpc) is 2.87. The maximum absolute atomic E-state index is 12.2. The molecule has 2 rings (SSSR count). The van der Waals surface area contributed by atoms with Crippen molar-refractivity contribution in [2.24, 2.45) is 5.73 Å². The van der Waals surface area contributed by atoms with Gasteiger partial charge in [-0.2, -0.15) is 0 Å². The van der Waals surface area contributed by atoms with E-state index in [2.05, 4.69) is 0 Å². The minimum Gasteiger partial charge on any atom is -0.496 e. The Balaban J connectivity index is 0.00000200. The third-order valence-electron chi connectivity index (χ3n) is 3.57. The van der Waals surface area contributed by atoms with Crippen LogP contribution in [0.3, 0.4) is 0 Å². The van der Waals surface area contributed by atoms with Crippen molar-refractivity contribution in [3.05, 3.63) is 29.8 Å². The third-order valence-corrected chi connectivity index (χ3v) is 3.57. The molecule has 1 aliphatic rings. The molecule has 0 aromatic heterocycles. The molecule has 5 heteroatoms.